The molecule has 0 radical (unpaired) electrons. The van der Waals surface area contributed by atoms with Gasteiger partial charge in [-0.3, -0.25) is 0 Å². The third-order valence-electron chi connectivity index (χ3n) is 3.05. The van der Waals surface area contributed by atoms with Crippen LogP contribution in [0.4, 0.5) is 5.82 Å². The fraction of sp³-hybridized carbons (Fsp3) is 0.375. The molecule has 0 saturated carbocycles. The normalized spacial score (nSPS) is 11.5. The fourth-order valence-corrected chi connectivity index (χ4v) is 2.51. The van der Waals surface area contributed by atoms with Crippen molar-refractivity contribution in [3.05, 3.63) is 51.3 Å². The molecule has 21 heavy (non-hydrogen) atoms. The highest BCUT2D eigenvalue weighted by Crippen LogP contribution is 2.24. The third-order valence-corrected chi connectivity index (χ3v) is 3.69. The van der Waals surface area contributed by atoms with Crippen LogP contribution in [0.15, 0.2) is 34.9 Å². The zero-order valence-corrected chi connectivity index (χ0v) is 15.0. The molecular formula is C16H19BrClN3. The van der Waals surface area contributed by atoms with Crippen molar-refractivity contribution in [2.75, 3.05) is 11.9 Å². The fourth-order valence-electron chi connectivity index (χ4n) is 1.93. The van der Waals surface area contributed by atoms with Crippen LogP contribution < -0.4 is 4.90 Å². The minimum absolute atomic E-state index is 0.0879. The summed E-state index contributed by atoms with van der Waals surface area (Å²) in [6.45, 7) is 7.06. The first kappa shape index (κ1) is 16.2. The molecule has 0 atom stereocenters. The molecule has 112 valence electrons. The molecule has 0 bridgehead atoms. The molecule has 2 aromatic rings. The van der Waals surface area contributed by atoms with Crippen LogP contribution in [0.3, 0.4) is 0 Å². The van der Waals surface area contributed by atoms with E-state index >= 15 is 0 Å². The van der Waals surface area contributed by atoms with Crippen molar-refractivity contribution in [1.29, 1.82) is 0 Å². The molecule has 1 aromatic carbocycles. The number of hydrogen-bond donors (Lipinski definition) is 0. The van der Waals surface area contributed by atoms with Crippen LogP contribution in [0.25, 0.3) is 0 Å². The number of aromatic nitrogens is 2. The molecule has 0 aliphatic carbocycles. The summed E-state index contributed by atoms with van der Waals surface area (Å²) in [6, 6.07) is 9.80. The van der Waals surface area contributed by atoms with E-state index in [0.29, 0.717) is 0 Å². The van der Waals surface area contributed by atoms with Gasteiger partial charge in [0.2, 0.25) is 0 Å². The first-order valence-corrected chi connectivity index (χ1v) is 7.93. The maximum atomic E-state index is 6.03. The average Bonchev–Trinajstić information content (AvgIpc) is 2.37. The monoisotopic (exact) mass is 367 g/mol. The number of rotatable bonds is 3. The summed E-state index contributed by atoms with van der Waals surface area (Å²) in [5.74, 6) is 1.71. The van der Waals surface area contributed by atoms with Gasteiger partial charge in [0.15, 0.2) is 0 Å². The number of anilines is 1. The van der Waals surface area contributed by atoms with Crippen molar-refractivity contribution >= 4 is 33.3 Å². The van der Waals surface area contributed by atoms with Gasteiger partial charge in [-0.15, -0.1) is 0 Å². The van der Waals surface area contributed by atoms with Crippen molar-refractivity contribution in [2.24, 2.45) is 0 Å². The van der Waals surface area contributed by atoms with E-state index in [4.69, 9.17) is 11.6 Å². The molecule has 0 amide bonds. The third kappa shape index (κ3) is 4.42. The van der Waals surface area contributed by atoms with E-state index in [1.165, 1.54) is 0 Å². The average molecular weight is 369 g/mol. The maximum absolute atomic E-state index is 6.03. The zero-order chi connectivity index (χ0) is 15.6. The van der Waals surface area contributed by atoms with Gasteiger partial charge in [-0.1, -0.05) is 44.5 Å². The molecule has 0 fully saturated rings. The van der Waals surface area contributed by atoms with Gasteiger partial charge in [-0.25, -0.2) is 9.97 Å². The number of nitrogens with zero attached hydrogens (tertiary/aromatic N) is 3. The smallest absolute Gasteiger partial charge is 0.137 e. The lowest BCUT2D eigenvalue weighted by Gasteiger charge is -2.22. The van der Waals surface area contributed by atoms with E-state index in [9.17, 15) is 0 Å². The maximum Gasteiger partial charge on any atom is 0.137 e. The molecule has 0 N–H and O–H groups in total. The minimum Gasteiger partial charge on any atom is -0.355 e. The van der Waals surface area contributed by atoms with Crippen LogP contribution in [0, 0.1) is 0 Å². The Kier molecular flexibility index (Phi) is 4.89. The van der Waals surface area contributed by atoms with Gasteiger partial charge in [0, 0.05) is 30.1 Å². The van der Waals surface area contributed by atoms with Crippen LogP contribution >= 0.6 is 27.5 Å². The Balaban J connectivity index is 2.27. The Morgan fingerprint density at radius 2 is 1.90 bits per heavy atom. The Morgan fingerprint density at radius 1 is 1.19 bits per heavy atom. The first-order chi connectivity index (χ1) is 9.75. The van der Waals surface area contributed by atoms with Crippen molar-refractivity contribution < 1.29 is 0 Å². The van der Waals surface area contributed by atoms with Crippen LogP contribution in [0.2, 0.25) is 5.02 Å². The summed E-state index contributed by atoms with van der Waals surface area (Å²) in [4.78, 5) is 11.2. The van der Waals surface area contributed by atoms with E-state index in [2.05, 4.69) is 57.6 Å². The molecule has 2 rings (SSSR count). The molecule has 1 aromatic heterocycles. The van der Waals surface area contributed by atoms with Crippen molar-refractivity contribution in [3.8, 4) is 0 Å². The van der Waals surface area contributed by atoms with E-state index < -0.39 is 0 Å². The largest absolute Gasteiger partial charge is 0.355 e. The highest BCUT2D eigenvalue weighted by molar-refractivity contribution is 9.10. The van der Waals surface area contributed by atoms with Gasteiger partial charge in [-0.2, -0.15) is 0 Å². The standard InChI is InChI=1S/C16H19BrClN3/c1-16(2,3)15-19-13(17)9-14(20-15)21(4)10-11-6-5-7-12(18)8-11/h5-9H,10H2,1-4H3. The molecule has 0 spiro atoms. The lowest BCUT2D eigenvalue weighted by atomic mass is 9.96. The van der Waals surface area contributed by atoms with Crippen molar-refractivity contribution in [3.63, 3.8) is 0 Å². The summed E-state index contributed by atoms with van der Waals surface area (Å²) in [5, 5.41) is 0.750. The van der Waals surface area contributed by atoms with Crippen LogP contribution in [0.5, 0.6) is 0 Å². The van der Waals surface area contributed by atoms with E-state index in [1.807, 2.05) is 31.3 Å². The van der Waals surface area contributed by atoms with Crippen LogP contribution in [0.1, 0.15) is 32.2 Å². The Bertz CT molecular complexity index is 638. The summed E-state index contributed by atoms with van der Waals surface area (Å²) in [6.07, 6.45) is 0. The van der Waals surface area contributed by atoms with Crippen molar-refractivity contribution in [2.45, 2.75) is 32.7 Å². The van der Waals surface area contributed by atoms with Crippen LogP contribution in [-0.2, 0) is 12.0 Å². The van der Waals surface area contributed by atoms with Gasteiger partial charge >= 0.3 is 0 Å². The molecule has 0 unspecified atom stereocenters. The predicted octanol–water partition coefficient (Wildman–Crippen LogP) is 4.83. The minimum atomic E-state index is -0.0879. The van der Waals surface area contributed by atoms with Crippen LogP contribution in [-0.4, -0.2) is 17.0 Å². The second-order valence-corrected chi connectivity index (χ2v) is 7.36. The molecule has 0 aliphatic rings. The number of benzene rings is 1. The summed E-state index contributed by atoms with van der Waals surface area (Å²) < 4.78 is 0.801. The zero-order valence-electron chi connectivity index (χ0n) is 12.7. The van der Waals surface area contributed by atoms with Gasteiger partial charge in [0.1, 0.15) is 16.2 Å². The Labute approximate surface area is 139 Å². The SMILES string of the molecule is CN(Cc1cccc(Cl)c1)c1cc(Br)nc(C(C)(C)C)n1. The molecule has 0 saturated heterocycles. The summed E-state index contributed by atoms with van der Waals surface area (Å²) in [5.41, 5.74) is 1.06. The molecule has 1 heterocycles. The Morgan fingerprint density at radius 3 is 2.52 bits per heavy atom. The first-order valence-electron chi connectivity index (χ1n) is 6.76. The highest BCUT2D eigenvalue weighted by Gasteiger charge is 2.19. The highest BCUT2D eigenvalue weighted by atomic mass is 79.9. The van der Waals surface area contributed by atoms with Crippen molar-refractivity contribution in [1.82, 2.24) is 9.97 Å². The summed E-state index contributed by atoms with van der Waals surface area (Å²) >= 11 is 9.50. The lowest BCUT2D eigenvalue weighted by molar-refractivity contribution is 0.542. The molecular weight excluding hydrogens is 350 g/mol. The topological polar surface area (TPSA) is 29.0 Å². The van der Waals surface area contributed by atoms with Gasteiger partial charge < -0.3 is 4.90 Å². The number of hydrogen-bond acceptors (Lipinski definition) is 3. The van der Waals surface area contributed by atoms with E-state index in [1.54, 1.807) is 0 Å². The summed E-state index contributed by atoms with van der Waals surface area (Å²) in [7, 11) is 2.02. The van der Waals surface area contributed by atoms with Gasteiger partial charge in [0.05, 0.1) is 0 Å². The van der Waals surface area contributed by atoms with E-state index in [0.717, 1.165) is 33.4 Å². The Hall–Kier alpha value is -1.13. The quantitative estimate of drug-likeness (QED) is 0.727. The second kappa shape index (κ2) is 6.32. The lowest BCUT2D eigenvalue weighted by Crippen LogP contribution is -2.22. The molecule has 0 aliphatic heterocycles. The molecule has 3 nitrogen and oxygen atoms in total. The second-order valence-electron chi connectivity index (χ2n) is 6.11. The number of halogens is 2. The predicted molar refractivity (Wildman–Crippen MR) is 92.0 cm³/mol. The van der Waals surface area contributed by atoms with Gasteiger partial charge in [0.25, 0.3) is 0 Å². The van der Waals surface area contributed by atoms with Gasteiger partial charge in [-0.05, 0) is 33.6 Å². The molecule has 5 heteroatoms. The van der Waals surface area contributed by atoms with E-state index in [-0.39, 0.29) is 5.41 Å².